The summed E-state index contributed by atoms with van der Waals surface area (Å²) in [6.45, 7) is 5.48. The lowest BCUT2D eigenvalue weighted by molar-refractivity contribution is 0.565. The second-order valence-electron chi connectivity index (χ2n) is 5.13. The Morgan fingerprint density at radius 2 is 1.72 bits per heavy atom. The van der Waals surface area contributed by atoms with Gasteiger partial charge in [-0.25, -0.2) is 0 Å². The Morgan fingerprint density at radius 1 is 0.944 bits per heavy atom. The van der Waals surface area contributed by atoms with Crippen molar-refractivity contribution in [2.45, 2.75) is 26.3 Å². The largest absolute Gasteiger partial charge is 0.306 e. The van der Waals surface area contributed by atoms with Gasteiger partial charge in [0.2, 0.25) is 0 Å². The maximum absolute atomic E-state index is 3.66. The van der Waals surface area contributed by atoms with Crippen LogP contribution in [0.4, 0.5) is 0 Å². The fourth-order valence-corrected chi connectivity index (χ4v) is 2.87. The highest BCUT2D eigenvalue weighted by molar-refractivity contribution is 5.44. The molecule has 0 fully saturated rings. The molecule has 0 aliphatic carbocycles. The fourth-order valence-electron chi connectivity index (χ4n) is 2.87. The minimum Gasteiger partial charge on any atom is -0.306 e. The lowest BCUT2D eigenvalue weighted by Gasteiger charge is -2.28. The molecule has 1 nitrogen and oxygen atoms in total. The first-order chi connectivity index (χ1) is 8.77. The van der Waals surface area contributed by atoms with Crippen LogP contribution in [0.5, 0.6) is 0 Å². The first-order valence-corrected chi connectivity index (χ1v) is 6.64. The van der Waals surface area contributed by atoms with Gasteiger partial charge < -0.3 is 5.32 Å². The Balaban J connectivity index is 2.11. The molecule has 1 atom stereocenters. The van der Waals surface area contributed by atoms with Crippen LogP contribution in [-0.4, -0.2) is 6.54 Å². The molecule has 0 saturated carbocycles. The van der Waals surface area contributed by atoms with Crippen molar-refractivity contribution in [3.8, 4) is 0 Å². The van der Waals surface area contributed by atoms with Crippen molar-refractivity contribution in [2.75, 3.05) is 6.54 Å². The van der Waals surface area contributed by atoms with Crippen LogP contribution >= 0.6 is 0 Å². The third kappa shape index (κ3) is 1.85. The predicted molar refractivity (Wildman–Crippen MR) is 75.9 cm³/mol. The molecule has 3 rings (SSSR count). The third-order valence-corrected chi connectivity index (χ3v) is 4.07. The van der Waals surface area contributed by atoms with Gasteiger partial charge in [-0.3, -0.25) is 0 Å². The van der Waals surface area contributed by atoms with Crippen molar-refractivity contribution >= 4 is 0 Å². The van der Waals surface area contributed by atoms with E-state index in [-0.39, 0.29) is 0 Å². The molecule has 1 unspecified atom stereocenters. The van der Waals surface area contributed by atoms with E-state index in [9.17, 15) is 0 Å². The summed E-state index contributed by atoms with van der Waals surface area (Å²) in [5, 5.41) is 3.66. The van der Waals surface area contributed by atoms with Gasteiger partial charge in [-0.05, 0) is 48.1 Å². The Kier molecular flexibility index (Phi) is 2.92. The average Bonchev–Trinajstić information content (AvgIpc) is 2.41. The molecule has 1 heteroatoms. The predicted octanol–water partition coefficient (Wildman–Crippen LogP) is 3.54. The molecular weight excluding hydrogens is 218 g/mol. The van der Waals surface area contributed by atoms with Crippen molar-refractivity contribution in [1.29, 1.82) is 0 Å². The number of benzene rings is 2. The molecule has 0 saturated heterocycles. The van der Waals surface area contributed by atoms with Crippen molar-refractivity contribution in [2.24, 2.45) is 0 Å². The van der Waals surface area contributed by atoms with Gasteiger partial charge in [0.1, 0.15) is 0 Å². The van der Waals surface area contributed by atoms with Crippen LogP contribution in [0.25, 0.3) is 0 Å². The highest BCUT2D eigenvalue weighted by Gasteiger charge is 2.22. The smallest absolute Gasteiger partial charge is 0.0582 e. The van der Waals surface area contributed by atoms with Crippen LogP contribution in [0.2, 0.25) is 0 Å². The van der Waals surface area contributed by atoms with Gasteiger partial charge in [0.05, 0.1) is 6.04 Å². The summed E-state index contributed by atoms with van der Waals surface area (Å²) < 4.78 is 0. The second kappa shape index (κ2) is 4.58. The van der Waals surface area contributed by atoms with Crippen LogP contribution in [0.3, 0.4) is 0 Å². The molecule has 18 heavy (non-hydrogen) atoms. The van der Waals surface area contributed by atoms with Gasteiger partial charge in [0, 0.05) is 6.54 Å². The third-order valence-electron chi connectivity index (χ3n) is 4.07. The van der Waals surface area contributed by atoms with Gasteiger partial charge >= 0.3 is 0 Å². The molecule has 0 aromatic heterocycles. The van der Waals surface area contributed by atoms with Crippen LogP contribution < -0.4 is 5.32 Å². The van der Waals surface area contributed by atoms with E-state index in [1.54, 1.807) is 0 Å². The quantitative estimate of drug-likeness (QED) is 0.800. The lowest BCUT2D eigenvalue weighted by Crippen LogP contribution is -2.31. The van der Waals surface area contributed by atoms with Crippen molar-refractivity contribution in [3.05, 3.63) is 70.3 Å². The molecule has 0 bridgehead atoms. The Bertz CT molecular complexity index is 572. The van der Waals surface area contributed by atoms with Crippen LogP contribution in [0, 0.1) is 13.8 Å². The van der Waals surface area contributed by atoms with E-state index < -0.39 is 0 Å². The monoisotopic (exact) mass is 237 g/mol. The average molecular weight is 237 g/mol. The van der Waals surface area contributed by atoms with E-state index in [0.717, 1.165) is 13.0 Å². The number of aryl methyl sites for hydroxylation is 1. The summed E-state index contributed by atoms with van der Waals surface area (Å²) in [6, 6.07) is 15.8. The van der Waals surface area contributed by atoms with E-state index in [0.29, 0.717) is 6.04 Å². The summed E-state index contributed by atoms with van der Waals surface area (Å²) >= 11 is 0. The molecule has 92 valence electrons. The molecular formula is C17H19N. The minimum atomic E-state index is 0.356. The zero-order valence-corrected chi connectivity index (χ0v) is 11.0. The van der Waals surface area contributed by atoms with Crippen molar-refractivity contribution < 1.29 is 0 Å². The van der Waals surface area contributed by atoms with E-state index in [2.05, 4.69) is 61.6 Å². The zero-order chi connectivity index (χ0) is 12.5. The number of hydrogen-bond donors (Lipinski definition) is 1. The highest BCUT2D eigenvalue weighted by atomic mass is 14.9. The molecule has 1 N–H and O–H groups in total. The fraction of sp³-hybridized carbons (Fsp3) is 0.294. The Hall–Kier alpha value is -1.60. The molecule has 0 amide bonds. The van der Waals surface area contributed by atoms with Crippen LogP contribution in [0.1, 0.15) is 33.9 Å². The van der Waals surface area contributed by atoms with Crippen LogP contribution in [0.15, 0.2) is 42.5 Å². The number of rotatable bonds is 1. The summed E-state index contributed by atoms with van der Waals surface area (Å²) in [7, 11) is 0. The van der Waals surface area contributed by atoms with Gasteiger partial charge in [-0.15, -0.1) is 0 Å². The van der Waals surface area contributed by atoms with Gasteiger partial charge in [-0.1, -0.05) is 42.5 Å². The molecule has 1 aliphatic rings. The zero-order valence-electron chi connectivity index (χ0n) is 11.0. The number of fused-ring (bicyclic) bond motifs is 1. The SMILES string of the molecule is Cc1cccc(C2NCCc3ccccc32)c1C. The van der Waals surface area contributed by atoms with E-state index in [1.165, 1.54) is 27.8 Å². The first kappa shape index (κ1) is 11.5. The summed E-state index contributed by atoms with van der Waals surface area (Å²) in [4.78, 5) is 0. The Labute approximate surface area is 109 Å². The number of hydrogen-bond acceptors (Lipinski definition) is 1. The summed E-state index contributed by atoms with van der Waals surface area (Å²) in [5.74, 6) is 0. The van der Waals surface area contributed by atoms with Gasteiger partial charge in [-0.2, -0.15) is 0 Å². The second-order valence-corrected chi connectivity index (χ2v) is 5.13. The maximum Gasteiger partial charge on any atom is 0.0582 e. The molecule has 0 spiro atoms. The highest BCUT2D eigenvalue weighted by Crippen LogP contribution is 2.31. The van der Waals surface area contributed by atoms with Gasteiger partial charge in [0.25, 0.3) is 0 Å². The number of nitrogens with one attached hydrogen (secondary N) is 1. The molecule has 1 aliphatic heterocycles. The molecule has 1 heterocycles. The van der Waals surface area contributed by atoms with Gasteiger partial charge in [0.15, 0.2) is 0 Å². The van der Waals surface area contributed by atoms with Crippen molar-refractivity contribution in [1.82, 2.24) is 5.32 Å². The topological polar surface area (TPSA) is 12.0 Å². The van der Waals surface area contributed by atoms with E-state index in [4.69, 9.17) is 0 Å². The summed E-state index contributed by atoms with van der Waals surface area (Å²) in [5.41, 5.74) is 7.13. The molecule has 2 aromatic carbocycles. The van der Waals surface area contributed by atoms with E-state index in [1.807, 2.05) is 0 Å². The van der Waals surface area contributed by atoms with E-state index >= 15 is 0 Å². The van der Waals surface area contributed by atoms with Crippen molar-refractivity contribution in [3.63, 3.8) is 0 Å². The van der Waals surface area contributed by atoms with Crippen LogP contribution in [-0.2, 0) is 6.42 Å². The minimum absolute atomic E-state index is 0.356. The lowest BCUT2D eigenvalue weighted by atomic mass is 9.87. The normalized spacial score (nSPS) is 18.4. The Morgan fingerprint density at radius 3 is 2.61 bits per heavy atom. The standard InChI is InChI=1S/C17H19N/c1-12-6-5-9-15(13(12)2)17-16-8-4-3-7-14(16)10-11-18-17/h3-9,17-18H,10-11H2,1-2H3. The maximum atomic E-state index is 3.66. The molecule has 0 radical (unpaired) electrons. The summed E-state index contributed by atoms with van der Waals surface area (Å²) in [6.07, 6.45) is 1.14. The first-order valence-electron chi connectivity index (χ1n) is 6.64. The molecule has 2 aromatic rings.